The van der Waals surface area contributed by atoms with E-state index in [0.717, 1.165) is 44.2 Å². The minimum absolute atomic E-state index is 0.0761. The Kier molecular flexibility index (Phi) is 7.44. The lowest BCUT2D eigenvalue weighted by molar-refractivity contribution is 0.0701. The molecule has 36 heavy (non-hydrogen) atoms. The van der Waals surface area contributed by atoms with Gasteiger partial charge in [-0.2, -0.15) is 0 Å². The monoisotopic (exact) mass is 512 g/mol. The van der Waals surface area contributed by atoms with E-state index in [1.54, 1.807) is 11.1 Å². The van der Waals surface area contributed by atoms with Crippen LogP contribution < -0.4 is 5.56 Å². The maximum absolute atomic E-state index is 13.6. The van der Waals surface area contributed by atoms with Crippen molar-refractivity contribution in [3.63, 3.8) is 0 Å². The third-order valence-corrected chi connectivity index (χ3v) is 12.8. The Morgan fingerprint density at radius 3 is 2.53 bits per heavy atom. The lowest BCUT2D eigenvalue weighted by Gasteiger charge is -2.36. The summed E-state index contributed by atoms with van der Waals surface area (Å²) in [5.74, 6) is -0.598. The molecule has 0 unspecified atom stereocenters. The number of rotatable bonds is 9. The summed E-state index contributed by atoms with van der Waals surface area (Å²) in [5, 5.41) is 10.6. The molecule has 2 aliphatic carbocycles. The number of aromatic nitrogens is 3. The van der Waals surface area contributed by atoms with Gasteiger partial charge in [-0.15, -0.1) is 0 Å². The molecule has 2 aliphatic rings. The van der Waals surface area contributed by atoms with E-state index in [1.165, 1.54) is 0 Å². The highest BCUT2D eigenvalue weighted by Crippen LogP contribution is 2.42. The van der Waals surface area contributed by atoms with Crippen molar-refractivity contribution in [1.29, 1.82) is 0 Å². The number of hydrogen-bond donors (Lipinski definition) is 2. The second-order valence-electron chi connectivity index (χ2n) is 11.9. The fraction of sp³-hybridized carbons (Fsp3) is 0.630. The van der Waals surface area contributed by atoms with Gasteiger partial charge in [-0.05, 0) is 55.9 Å². The normalized spacial score (nSPS) is 17.8. The van der Waals surface area contributed by atoms with Gasteiger partial charge in [0.15, 0.2) is 14.0 Å². The Morgan fingerprint density at radius 1 is 1.25 bits per heavy atom. The second kappa shape index (κ2) is 10.1. The van der Waals surface area contributed by atoms with Crippen molar-refractivity contribution in [3.05, 3.63) is 52.0 Å². The fourth-order valence-electron chi connectivity index (χ4n) is 4.91. The molecule has 0 aliphatic heterocycles. The molecule has 0 aromatic carbocycles. The van der Waals surface area contributed by atoms with Gasteiger partial charge < -0.3 is 19.4 Å². The number of H-pyrrole nitrogens is 1. The molecule has 4 rings (SSSR count). The lowest BCUT2D eigenvalue weighted by Crippen LogP contribution is -2.44. The molecular formula is C27H40N4O4Si. The van der Waals surface area contributed by atoms with E-state index >= 15 is 0 Å². The summed E-state index contributed by atoms with van der Waals surface area (Å²) < 4.78 is 6.30. The molecule has 1 amide bonds. The largest absolute Gasteiger partial charge is 0.501 e. The van der Waals surface area contributed by atoms with E-state index in [2.05, 4.69) is 48.8 Å². The maximum atomic E-state index is 13.6. The molecule has 0 saturated heterocycles. The van der Waals surface area contributed by atoms with Crippen molar-refractivity contribution < 1.29 is 14.3 Å². The van der Waals surface area contributed by atoms with Gasteiger partial charge in [0, 0.05) is 36.3 Å². The number of pyridine rings is 1. The first kappa shape index (κ1) is 26.5. The SMILES string of the molecule is CC(C)(C)[Si](C)(C)OCCN(C(=O)c1nc(CC2(c3ccccn3)CCCC2)[nH]c(=O)c1O)C1CC1. The maximum Gasteiger partial charge on any atom is 0.293 e. The molecule has 0 spiro atoms. The Labute approximate surface area is 214 Å². The van der Waals surface area contributed by atoms with Gasteiger partial charge in [0.1, 0.15) is 5.82 Å². The molecule has 0 bridgehead atoms. The number of hydrogen-bond acceptors (Lipinski definition) is 6. The molecule has 2 aromatic heterocycles. The van der Waals surface area contributed by atoms with Crippen LogP contribution in [0, 0.1) is 0 Å². The number of nitrogens with zero attached hydrogens (tertiary/aromatic N) is 3. The van der Waals surface area contributed by atoms with Gasteiger partial charge in [0.05, 0.1) is 6.61 Å². The summed E-state index contributed by atoms with van der Waals surface area (Å²) in [6, 6.07) is 5.99. The van der Waals surface area contributed by atoms with Gasteiger partial charge in [-0.3, -0.25) is 14.6 Å². The average molecular weight is 513 g/mol. The summed E-state index contributed by atoms with van der Waals surface area (Å²) in [6.45, 7) is 11.8. The Balaban J connectivity index is 1.56. The molecule has 2 aromatic rings. The smallest absolute Gasteiger partial charge is 0.293 e. The van der Waals surface area contributed by atoms with Gasteiger partial charge in [0.2, 0.25) is 5.75 Å². The first-order valence-electron chi connectivity index (χ1n) is 13.1. The second-order valence-corrected chi connectivity index (χ2v) is 16.7. The topological polar surface area (TPSA) is 108 Å². The zero-order chi connectivity index (χ0) is 26.1. The molecule has 9 heteroatoms. The number of carbonyl (C=O) groups excluding carboxylic acids is 1. The van der Waals surface area contributed by atoms with Crippen molar-refractivity contribution in [2.45, 2.75) is 95.3 Å². The summed E-state index contributed by atoms with van der Waals surface area (Å²) in [6.07, 6.45) is 8.11. The van der Waals surface area contributed by atoms with E-state index in [9.17, 15) is 14.7 Å². The highest BCUT2D eigenvalue weighted by Gasteiger charge is 2.40. The zero-order valence-corrected chi connectivity index (χ0v) is 23.3. The summed E-state index contributed by atoms with van der Waals surface area (Å²) in [5.41, 5.74) is -0.0942. The van der Waals surface area contributed by atoms with E-state index < -0.39 is 25.5 Å². The molecule has 2 fully saturated rings. The quantitative estimate of drug-likeness (QED) is 0.477. The van der Waals surface area contributed by atoms with Crippen LogP contribution in [0.5, 0.6) is 5.75 Å². The first-order chi connectivity index (χ1) is 16.9. The molecular weight excluding hydrogens is 472 g/mol. The first-order valence-corrected chi connectivity index (χ1v) is 16.0. The summed E-state index contributed by atoms with van der Waals surface area (Å²) in [4.78, 5) is 39.9. The van der Waals surface area contributed by atoms with Crippen LogP contribution >= 0.6 is 0 Å². The third-order valence-electron chi connectivity index (χ3n) is 8.27. The van der Waals surface area contributed by atoms with Gasteiger partial charge in [-0.1, -0.05) is 39.7 Å². The van der Waals surface area contributed by atoms with E-state index in [4.69, 9.17) is 4.43 Å². The predicted molar refractivity (Wildman–Crippen MR) is 142 cm³/mol. The number of amides is 1. The van der Waals surface area contributed by atoms with Crippen molar-refractivity contribution in [1.82, 2.24) is 19.9 Å². The summed E-state index contributed by atoms with van der Waals surface area (Å²) >= 11 is 0. The average Bonchev–Trinajstić information content (AvgIpc) is 3.56. The van der Waals surface area contributed by atoms with Gasteiger partial charge >= 0.3 is 0 Å². The van der Waals surface area contributed by atoms with Crippen molar-refractivity contribution >= 4 is 14.2 Å². The van der Waals surface area contributed by atoms with Crippen LogP contribution in [0.15, 0.2) is 29.2 Å². The van der Waals surface area contributed by atoms with Crippen LogP contribution in [0.4, 0.5) is 0 Å². The number of carbonyl (C=O) groups is 1. The van der Waals surface area contributed by atoms with Crippen LogP contribution in [0.3, 0.4) is 0 Å². The minimum Gasteiger partial charge on any atom is -0.501 e. The highest BCUT2D eigenvalue weighted by atomic mass is 28.4. The third kappa shape index (κ3) is 5.57. The zero-order valence-electron chi connectivity index (χ0n) is 22.3. The van der Waals surface area contributed by atoms with Crippen LogP contribution in [-0.2, 0) is 16.3 Å². The van der Waals surface area contributed by atoms with Crippen molar-refractivity contribution in [2.75, 3.05) is 13.2 Å². The van der Waals surface area contributed by atoms with E-state index in [0.29, 0.717) is 25.4 Å². The molecule has 2 saturated carbocycles. The Morgan fingerprint density at radius 2 is 1.94 bits per heavy atom. The number of nitrogens with one attached hydrogen (secondary N) is 1. The Bertz CT molecular complexity index is 1130. The highest BCUT2D eigenvalue weighted by molar-refractivity contribution is 6.74. The van der Waals surface area contributed by atoms with Gasteiger partial charge in [-0.25, -0.2) is 4.98 Å². The number of aromatic amines is 1. The van der Waals surface area contributed by atoms with Crippen molar-refractivity contribution in [3.8, 4) is 5.75 Å². The fourth-order valence-corrected chi connectivity index (χ4v) is 5.94. The molecule has 0 radical (unpaired) electrons. The van der Waals surface area contributed by atoms with E-state index in [1.807, 2.05) is 18.2 Å². The standard InChI is InChI=1S/C27H40N4O4Si/c1-26(2,3)36(4,5)35-17-16-31(19-11-12-19)25(34)22-23(32)24(33)30-21(29-22)18-27(13-7-8-14-27)20-10-6-9-15-28-20/h6,9-10,15,19,32H,7-8,11-14,16-18H2,1-5H3,(H,29,30,33). The molecule has 2 heterocycles. The van der Waals surface area contributed by atoms with Crippen LogP contribution in [-0.4, -0.2) is 58.4 Å². The molecule has 0 atom stereocenters. The Hall–Kier alpha value is -2.52. The van der Waals surface area contributed by atoms with Crippen molar-refractivity contribution in [2.24, 2.45) is 0 Å². The van der Waals surface area contributed by atoms with Gasteiger partial charge in [0.25, 0.3) is 11.5 Å². The molecule has 8 nitrogen and oxygen atoms in total. The molecule has 2 N–H and O–H groups in total. The minimum atomic E-state index is -1.95. The summed E-state index contributed by atoms with van der Waals surface area (Å²) in [7, 11) is -1.95. The lowest BCUT2D eigenvalue weighted by atomic mass is 9.79. The van der Waals surface area contributed by atoms with Crippen LogP contribution in [0.25, 0.3) is 0 Å². The number of aromatic hydroxyl groups is 1. The predicted octanol–water partition coefficient (Wildman–Crippen LogP) is 4.55. The molecule has 196 valence electrons. The van der Waals surface area contributed by atoms with E-state index in [-0.39, 0.29) is 22.2 Å². The van der Waals surface area contributed by atoms with Crippen LogP contribution in [0.1, 0.15) is 81.3 Å². The van der Waals surface area contributed by atoms with Crippen LogP contribution in [0.2, 0.25) is 18.1 Å².